The second-order valence-corrected chi connectivity index (χ2v) is 6.79. The Kier molecular flexibility index (Phi) is 5.68. The van der Waals surface area contributed by atoms with Crippen LogP contribution < -0.4 is 5.32 Å². The summed E-state index contributed by atoms with van der Waals surface area (Å²) < 4.78 is 0. The minimum absolute atomic E-state index is 0.00773. The van der Waals surface area contributed by atoms with E-state index in [1.165, 1.54) is 0 Å². The predicted octanol–water partition coefficient (Wildman–Crippen LogP) is 2.31. The molecule has 5 nitrogen and oxygen atoms in total. The largest absolute Gasteiger partial charge is 0.348 e. The quantitative estimate of drug-likeness (QED) is 0.920. The van der Waals surface area contributed by atoms with E-state index in [0.717, 1.165) is 37.3 Å². The van der Waals surface area contributed by atoms with E-state index in [4.69, 9.17) is 0 Å². The Morgan fingerprint density at radius 1 is 0.962 bits per heavy atom. The number of nitrogens with one attached hydrogen (secondary N) is 1. The molecule has 3 rings (SSSR count). The maximum absolute atomic E-state index is 12.7. The van der Waals surface area contributed by atoms with Gasteiger partial charge in [-0.3, -0.25) is 9.59 Å². The maximum Gasteiger partial charge on any atom is 0.253 e. The molecule has 1 aliphatic rings. The van der Waals surface area contributed by atoms with E-state index in [1.807, 2.05) is 36.1 Å². The molecule has 0 spiro atoms. The molecule has 2 aromatic carbocycles. The van der Waals surface area contributed by atoms with Crippen molar-refractivity contribution in [3.63, 3.8) is 0 Å². The van der Waals surface area contributed by atoms with Crippen molar-refractivity contribution < 1.29 is 9.59 Å². The molecule has 0 unspecified atom stereocenters. The maximum atomic E-state index is 12.7. The van der Waals surface area contributed by atoms with Crippen LogP contribution in [-0.4, -0.2) is 54.8 Å². The lowest BCUT2D eigenvalue weighted by atomic mass is 10.1. The summed E-state index contributed by atoms with van der Waals surface area (Å²) in [5.74, 6) is -0.173. The van der Waals surface area contributed by atoms with Crippen LogP contribution in [0.25, 0.3) is 0 Å². The van der Waals surface area contributed by atoms with E-state index in [0.29, 0.717) is 17.7 Å². The summed E-state index contributed by atoms with van der Waals surface area (Å²) in [5, 5.41) is 2.94. The molecule has 0 atom stereocenters. The summed E-state index contributed by atoms with van der Waals surface area (Å²) in [7, 11) is 2.06. The minimum Gasteiger partial charge on any atom is -0.348 e. The van der Waals surface area contributed by atoms with Crippen LogP contribution in [0.15, 0.2) is 48.5 Å². The van der Waals surface area contributed by atoms with Crippen LogP contribution >= 0.6 is 0 Å². The van der Waals surface area contributed by atoms with Crippen LogP contribution in [0.3, 0.4) is 0 Å². The average molecular weight is 351 g/mol. The monoisotopic (exact) mass is 351 g/mol. The Morgan fingerprint density at radius 2 is 1.65 bits per heavy atom. The first-order valence-electron chi connectivity index (χ1n) is 8.95. The Bertz CT molecular complexity index is 795. The number of carbonyl (C=O) groups excluding carboxylic acids is 2. The highest BCUT2D eigenvalue weighted by Gasteiger charge is 2.21. The topological polar surface area (TPSA) is 52.7 Å². The van der Waals surface area contributed by atoms with Crippen molar-refractivity contribution in [2.45, 2.75) is 13.5 Å². The van der Waals surface area contributed by atoms with Gasteiger partial charge in [0.15, 0.2) is 0 Å². The second-order valence-electron chi connectivity index (χ2n) is 6.79. The van der Waals surface area contributed by atoms with Gasteiger partial charge in [-0.2, -0.15) is 0 Å². The van der Waals surface area contributed by atoms with Crippen LogP contribution in [0, 0.1) is 6.92 Å². The third kappa shape index (κ3) is 4.29. The molecule has 0 radical (unpaired) electrons. The first-order chi connectivity index (χ1) is 12.5. The lowest BCUT2D eigenvalue weighted by Gasteiger charge is -2.32. The first kappa shape index (κ1) is 18.1. The van der Waals surface area contributed by atoms with Crippen LogP contribution in [0.2, 0.25) is 0 Å². The third-order valence-corrected chi connectivity index (χ3v) is 4.86. The number of amides is 2. The molecule has 1 saturated heterocycles. The zero-order valence-corrected chi connectivity index (χ0v) is 15.4. The van der Waals surface area contributed by atoms with Gasteiger partial charge < -0.3 is 15.1 Å². The fraction of sp³-hybridized carbons (Fsp3) is 0.333. The number of carbonyl (C=O) groups is 2. The lowest BCUT2D eigenvalue weighted by Crippen LogP contribution is -2.47. The predicted molar refractivity (Wildman–Crippen MR) is 102 cm³/mol. The van der Waals surface area contributed by atoms with E-state index >= 15 is 0 Å². The Labute approximate surface area is 154 Å². The van der Waals surface area contributed by atoms with Crippen molar-refractivity contribution in [3.05, 3.63) is 70.8 Å². The number of likely N-dealkylation sites (N-methyl/N-ethyl adjacent to an activating group) is 1. The highest BCUT2D eigenvalue weighted by molar-refractivity contribution is 5.99. The van der Waals surface area contributed by atoms with Gasteiger partial charge in [-0.1, -0.05) is 30.3 Å². The zero-order valence-electron chi connectivity index (χ0n) is 15.4. The van der Waals surface area contributed by atoms with E-state index in [1.54, 1.807) is 24.3 Å². The van der Waals surface area contributed by atoms with Crippen LogP contribution in [0.1, 0.15) is 31.8 Å². The van der Waals surface area contributed by atoms with Crippen molar-refractivity contribution in [3.8, 4) is 0 Å². The van der Waals surface area contributed by atoms with Crippen molar-refractivity contribution in [2.75, 3.05) is 33.2 Å². The molecule has 1 heterocycles. The zero-order chi connectivity index (χ0) is 18.5. The normalized spacial score (nSPS) is 14.9. The third-order valence-electron chi connectivity index (χ3n) is 4.86. The Balaban J connectivity index is 1.65. The van der Waals surface area contributed by atoms with Gasteiger partial charge in [-0.05, 0) is 43.3 Å². The molecule has 0 saturated carbocycles. The summed E-state index contributed by atoms with van der Waals surface area (Å²) in [6.45, 7) is 5.70. The van der Waals surface area contributed by atoms with E-state index in [9.17, 15) is 9.59 Å². The summed E-state index contributed by atoms with van der Waals surface area (Å²) in [6, 6.07) is 14.9. The number of benzene rings is 2. The molecular formula is C21H25N3O2. The minimum atomic E-state index is -0.165. The molecule has 5 heteroatoms. The molecular weight excluding hydrogens is 326 g/mol. The number of aryl methyl sites for hydroxylation is 1. The standard InChI is InChI=1S/C21H25N3O2/c1-16-6-3-4-7-19(16)15-22-20(25)17-8-5-9-18(14-17)21(26)24-12-10-23(2)11-13-24/h3-9,14H,10-13,15H2,1-2H3,(H,22,25). The van der Waals surface area contributed by atoms with Crippen LogP contribution in [0.5, 0.6) is 0 Å². The first-order valence-corrected chi connectivity index (χ1v) is 8.95. The molecule has 1 N–H and O–H groups in total. The van der Waals surface area contributed by atoms with Crippen molar-refractivity contribution >= 4 is 11.8 Å². The molecule has 0 aromatic heterocycles. The highest BCUT2D eigenvalue weighted by atomic mass is 16.2. The lowest BCUT2D eigenvalue weighted by molar-refractivity contribution is 0.0664. The molecule has 26 heavy (non-hydrogen) atoms. The second kappa shape index (κ2) is 8.15. The molecule has 136 valence electrons. The summed E-state index contributed by atoms with van der Waals surface area (Å²) in [5.41, 5.74) is 3.31. The summed E-state index contributed by atoms with van der Waals surface area (Å²) in [6.07, 6.45) is 0. The average Bonchev–Trinajstić information content (AvgIpc) is 2.67. The summed E-state index contributed by atoms with van der Waals surface area (Å²) >= 11 is 0. The fourth-order valence-electron chi connectivity index (χ4n) is 3.07. The number of piperazine rings is 1. The molecule has 1 aliphatic heterocycles. The van der Waals surface area contributed by atoms with Crippen molar-refractivity contribution in [1.82, 2.24) is 15.1 Å². The number of hydrogen-bond donors (Lipinski definition) is 1. The molecule has 2 aromatic rings. The van der Waals surface area contributed by atoms with Gasteiger partial charge in [0.05, 0.1) is 0 Å². The Morgan fingerprint density at radius 3 is 2.38 bits per heavy atom. The summed E-state index contributed by atoms with van der Waals surface area (Å²) in [4.78, 5) is 29.2. The van der Waals surface area contributed by atoms with Crippen molar-refractivity contribution in [2.24, 2.45) is 0 Å². The Hall–Kier alpha value is -2.66. The molecule has 0 aliphatic carbocycles. The van der Waals surface area contributed by atoms with Gasteiger partial charge in [0, 0.05) is 43.9 Å². The van der Waals surface area contributed by atoms with Gasteiger partial charge in [0.2, 0.25) is 0 Å². The SMILES string of the molecule is Cc1ccccc1CNC(=O)c1cccc(C(=O)N2CCN(C)CC2)c1. The van der Waals surface area contributed by atoms with Crippen molar-refractivity contribution in [1.29, 1.82) is 0 Å². The van der Waals surface area contributed by atoms with Gasteiger partial charge in [0.1, 0.15) is 0 Å². The van der Waals surface area contributed by atoms with E-state index in [-0.39, 0.29) is 11.8 Å². The molecule has 2 amide bonds. The van der Waals surface area contributed by atoms with E-state index in [2.05, 4.69) is 17.3 Å². The van der Waals surface area contributed by atoms with Gasteiger partial charge >= 0.3 is 0 Å². The van der Waals surface area contributed by atoms with Crippen LogP contribution in [0.4, 0.5) is 0 Å². The number of hydrogen-bond acceptors (Lipinski definition) is 3. The van der Waals surface area contributed by atoms with Gasteiger partial charge in [-0.25, -0.2) is 0 Å². The molecule has 0 bridgehead atoms. The van der Waals surface area contributed by atoms with E-state index < -0.39 is 0 Å². The smallest absolute Gasteiger partial charge is 0.253 e. The number of nitrogens with zero attached hydrogens (tertiary/aromatic N) is 2. The molecule has 1 fully saturated rings. The van der Waals surface area contributed by atoms with Gasteiger partial charge in [0.25, 0.3) is 11.8 Å². The number of rotatable bonds is 4. The fourth-order valence-corrected chi connectivity index (χ4v) is 3.07. The van der Waals surface area contributed by atoms with Gasteiger partial charge in [-0.15, -0.1) is 0 Å². The highest BCUT2D eigenvalue weighted by Crippen LogP contribution is 2.12. The van der Waals surface area contributed by atoms with Crippen LogP contribution in [-0.2, 0) is 6.54 Å².